The quantitative estimate of drug-likeness (QED) is 0.832. The number of ether oxygens (including phenoxy) is 1. The Bertz CT molecular complexity index is 469. The number of thiophene rings is 1. The summed E-state index contributed by atoms with van der Waals surface area (Å²) in [6.07, 6.45) is 1.76. The van der Waals surface area contributed by atoms with Gasteiger partial charge in [0.1, 0.15) is 0 Å². The van der Waals surface area contributed by atoms with Gasteiger partial charge in [-0.25, -0.2) is 4.98 Å². The summed E-state index contributed by atoms with van der Waals surface area (Å²) >= 11 is 5.05. The molecule has 4 nitrogen and oxygen atoms in total. The molecule has 0 radical (unpaired) electrons. The number of methoxy groups -OCH3 is 1. The van der Waals surface area contributed by atoms with Crippen LogP contribution in [0.3, 0.4) is 0 Å². The van der Waals surface area contributed by atoms with Crippen LogP contribution in [0.25, 0.3) is 10.6 Å². The third-order valence-corrected chi connectivity index (χ3v) is 3.77. The van der Waals surface area contributed by atoms with E-state index in [0.717, 1.165) is 21.0 Å². The second-order valence-corrected chi connectivity index (χ2v) is 5.85. The molecule has 0 aliphatic rings. The van der Waals surface area contributed by atoms with Crippen molar-refractivity contribution in [2.45, 2.75) is 6.54 Å². The van der Waals surface area contributed by atoms with Gasteiger partial charge in [-0.1, -0.05) is 0 Å². The predicted octanol–water partition coefficient (Wildman–Crippen LogP) is 2.90. The van der Waals surface area contributed by atoms with Crippen molar-refractivity contribution in [3.05, 3.63) is 28.0 Å². The minimum Gasteiger partial charge on any atom is -0.438 e. The Morgan fingerprint density at radius 1 is 1.53 bits per heavy atom. The highest BCUT2D eigenvalue weighted by Gasteiger charge is 2.08. The van der Waals surface area contributed by atoms with Gasteiger partial charge in [0.05, 0.1) is 28.0 Å². The van der Waals surface area contributed by atoms with Crippen molar-refractivity contribution in [2.75, 3.05) is 20.3 Å². The fraction of sp³-hybridized carbons (Fsp3) is 0.364. The van der Waals surface area contributed by atoms with E-state index in [0.29, 0.717) is 19.0 Å². The molecule has 6 heteroatoms. The summed E-state index contributed by atoms with van der Waals surface area (Å²) in [5, 5.41) is 3.19. The van der Waals surface area contributed by atoms with Crippen molar-refractivity contribution in [2.24, 2.45) is 0 Å². The third-order valence-electron chi connectivity index (χ3n) is 2.13. The predicted molar refractivity (Wildman–Crippen MR) is 71.1 cm³/mol. The Morgan fingerprint density at radius 2 is 2.41 bits per heavy atom. The smallest absolute Gasteiger partial charge is 0.208 e. The van der Waals surface area contributed by atoms with Gasteiger partial charge in [-0.2, -0.15) is 0 Å². The SMILES string of the molecule is COCCNCc1ncc(-c2ccc(Br)s2)o1. The third kappa shape index (κ3) is 3.64. The Hall–Kier alpha value is -0.690. The lowest BCUT2D eigenvalue weighted by atomic mass is 10.4. The second kappa shape index (κ2) is 6.30. The first-order chi connectivity index (χ1) is 8.29. The molecule has 0 aliphatic carbocycles. The Kier molecular flexibility index (Phi) is 4.73. The van der Waals surface area contributed by atoms with Gasteiger partial charge in [0.25, 0.3) is 0 Å². The van der Waals surface area contributed by atoms with Crippen molar-refractivity contribution in [1.29, 1.82) is 0 Å². The molecule has 0 atom stereocenters. The highest BCUT2D eigenvalue weighted by Crippen LogP contribution is 2.31. The van der Waals surface area contributed by atoms with Crippen LogP contribution >= 0.6 is 27.3 Å². The van der Waals surface area contributed by atoms with Crippen LogP contribution in [-0.4, -0.2) is 25.2 Å². The molecule has 0 aliphatic heterocycles. The molecular weight excluding hydrogens is 304 g/mol. The summed E-state index contributed by atoms with van der Waals surface area (Å²) in [6, 6.07) is 4.01. The summed E-state index contributed by atoms with van der Waals surface area (Å²) in [6.45, 7) is 2.10. The van der Waals surface area contributed by atoms with Crippen molar-refractivity contribution in [3.8, 4) is 10.6 Å². The Labute approximate surface area is 112 Å². The van der Waals surface area contributed by atoms with E-state index in [9.17, 15) is 0 Å². The molecular formula is C11H13BrN2O2S. The van der Waals surface area contributed by atoms with Gasteiger partial charge in [0.2, 0.25) is 5.89 Å². The number of nitrogens with zero attached hydrogens (tertiary/aromatic N) is 1. The van der Waals surface area contributed by atoms with Crippen molar-refractivity contribution < 1.29 is 9.15 Å². The van der Waals surface area contributed by atoms with Crippen LogP contribution in [0.1, 0.15) is 5.89 Å². The lowest BCUT2D eigenvalue weighted by molar-refractivity contribution is 0.198. The number of oxazole rings is 1. The van der Waals surface area contributed by atoms with Gasteiger partial charge in [0, 0.05) is 13.7 Å². The molecule has 0 bridgehead atoms. The molecule has 2 aromatic rings. The largest absolute Gasteiger partial charge is 0.438 e. The Morgan fingerprint density at radius 3 is 3.12 bits per heavy atom. The number of hydrogen-bond donors (Lipinski definition) is 1. The van der Waals surface area contributed by atoms with Crippen molar-refractivity contribution in [1.82, 2.24) is 10.3 Å². The van der Waals surface area contributed by atoms with E-state index in [1.54, 1.807) is 24.6 Å². The van der Waals surface area contributed by atoms with E-state index in [1.165, 1.54) is 0 Å². The first-order valence-corrected chi connectivity index (χ1v) is 6.80. The standard InChI is InChI=1S/C11H13BrN2O2S/c1-15-5-4-13-7-11-14-6-8(16-11)9-2-3-10(12)17-9/h2-3,6,13H,4-5,7H2,1H3. The van der Waals surface area contributed by atoms with E-state index < -0.39 is 0 Å². The topological polar surface area (TPSA) is 47.3 Å². The van der Waals surface area contributed by atoms with Gasteiger partial charge >= 0.3 is 0 Å². The molecule has 1 N–H and O–H groups in total. The number of nitrogens with one attached hydrogen (secondary N) is 1. The first-order valence-electron chi connectivity index (χ1n) is 5.19. The fourth-order valence-electron chi connectivity index (χ4n) is 1.32. The minimum absolute atomic E-state index is 0.621. The fourth-order valence-corrected chi connectivity index (χ4v) is 2.65. The summed E-state index contributed by atoms with van der Waals surface area (Å²) in [5.41, 5.74) is 0. The molecule has 0 spiro atoms. The monoisotopic (exact) mass is 316 g/mol. The maximum absolute atomic E-state index is 5.64. The molecule has 0 amide bonds. The highest BCUT2D eigenvalue weighted by atomic mass is 79.9. The van der Waals surface area contributed by atoms with E-state index >= 15 is 0 Å². The molecule has 17 heavy (non-hydrogen) atoms. The molecule has 92 valence electrons. The zero-order valence-electron chi connectivity index (χ0n) is 9.40. The van der Waals surface area contributed by atoms with E-state index in [1.807, 2.05) is 12.1 Å². The maximum Gasteiger partial charge on any atom is 0.208 e. The van der Waals surface area contributed by atoms with Gasteiger partial charge in [-0.3, -0.25) is 0 Å². The lowest BCUT2D eigenvalue weighted by Gasteiger charge is -1.99. The molecule has 0 saturated carbocycles. The minimum atomic E-state index is 0.621. The van der Waals surface area contributed by atoms with Gasteiger partial charge < -0.3 is 14.5 Å². The first kappa shape index (κ1) is 12.8. The zero-order valence-corrected chi connectivity index (χ0v) is 11.8. The normalized spacial score (nSPS) is 10.9. The number of aromatic nitrogens is 1. The molecule has 0 fully saturated rings. The Balaban J connectivity index is 1.92. The zero-order chi connectivity index (χ0) is 12.1. The number of hydrogen-bond acceptors (Lipinski definition) is 5. The highest BCUT2D eigenvalue weighted by molar-refractivity contribution is 9.11. The lowest BCUT2D eigenvalue weighted by Crippen LogP contribution is -2.18. The van der Waals surface area contributed by atoms with Crippen LogP contribution in [0.15, 0.2) is 26.5 Å². The summed E-state index contributed by atoms with van der Waals surface area (Å²) in [4.78, 5) is 5.30. The summed E-state index contributed by atoms with van der Waals surface area (Å²) < 4.78 is 11.7. The van der Waals surface area contributed by atoms with E-state index in [2.05, 4.69) is 26.2 Å². The van der Waals surface area contributed by atoms with E-state index in [4.69, 9.17) is 9.15 Å². The van der Waals surface area contributed by atoms with Crippen LogP contribution in [0.5, 0.6) is 0 Å². The number of rotatable bonds is 6. The van der Waals surface area contributed by atoms with Crippen LogP contribution < -0.4 is 5.32 Å². The maximum atomic E-state index is 5.64. The average Bonchev–Trinajstić information content (AvgIpc) is 2.93. The molecule has 0 saturated heterocycles. The number of halogens is 1. The average molecular weight is 317 g/mol. The van der Waals surface area contributed by atoms with Crippen molar-refractivity contribution >= 4 is 27.3 Å². The molecule has 2 aromatic heterocycles. The molecule has 0 unspecified atom stereocenters. The van der Waals surface area contributed by atoms with Gasteiger partial charge in [-0.15, -0.1) is 11.3 Å². The van der Waals surface area contributed by atoms with Crippen LogP contribution in [0, 0.1) is 0 Å². The van der Waals surface area contributed by atoms with Gasteiger partial charge in [-0.05, 0) is 28.1 Å². The van der Waals surface area contributed by atoms with E-state index in [-0.39, 0.29) is 0 Å². The molecule has 2 heterocycles. The van der Waals surface area contributed by atoms with Crippen LogP contribution in [-0.2, 0) is 11.3 Å². The summed E-state index contributed by atoms with van der Waals surface area (Å²) in [7, 11) is 1.68. The second-order valence-electron chi connectivity index (χ2n) is 3.39. The summed E-state index contributed by atoms with van der Waals surface area (Å²) in [5.74, 6) is 1.50. The van der Waals surface area contributed by atoms with Gasteiger partial charge in [0.15, 0.2) is 5.76 Å². The molecule has 0 aromatic carbocycles. The molecule has 2 rings (SSSR count). The van der Waals surface area contributed by atoms with Crippen LogP contribution in [0.2, 0.25) is 0 Å². The van der Waals surface area contributed by atoms with Crippen LogP contribution in [0.4, 0.5) is 0 Å². The van der Waals surface area contributed by atoms with Crippen molar-refractivity contribution in [3.63, 3.8) is 0 Å².